The van der Waals surface area contributed by atoms with Crippen molar-refractivity contribution < 1.29 is 27.2 Å². The standard InChI is InChI=1S/C12H10ClF4N3O2/c1-19-9(12(15,16)17)4-10(21)20(11(19)22)8-3-7(18)5(13)2-6(8)14/h2-3,9H,4,18H2,1H3. The van der Waals surface area contributed by atoms with E-state index in [1.54, 1.807) is 0 Å². The molecular formula is C12H10ClF4N3O2. The Hall–Kier alpha value is -2.03. The van der Waals surface area contributed by atoms with Crippen LogP contribution in [-0.2, 0) is 4.79 Å². The summed E-state index contributed by atoms with van der Waals surface area (Å²) in [5, 5.41) is -0.139. The van der Waals surface area contributed by atoms with Crippen molar-refractivity contribution in [3.05, 3.63) is 23.0 Å². The van der Waals surface area contributed by atoms with Gasteiger partial charge in [0.15, 0.2) is 0 Å². The zero-order valence-electron chi connectivity index (χ0n) is 11.1. The van der Waals surface area contributed by atoms with E-state index in [0.29, 0.717) is 9.80 Å². The largest absolute Gasteiger partial charge is 0.409 e. The predicted octanol–water partition coefficient (Wildman–Crippen LogP) is 2.78. The van der Waals surface area contributed by atoms with E-state index < -0.39 is 42.1 Å². The van der Waals surface area contributed by atoms with E-state index in [4.69, 9.17) is 17.3 Å². The molecule has 22 heavy (non-hydrogen) atoms. The van der Waals surface area contributed by atoms with Gasteiger partial charge in [0, 0.05) is 7.05 Å². The van der Waals surface area contributed by atoms with Gasteiger partial charge in [0.05, 0.1) is 22.8 Å². The first kappa shape index (κ1) is 16.3. The molecule has 1 fully saturated rings. The maximum absolute atomic E-state index is 13.9. The zero-order chi connectivity index (χ0) is 16.8. The molecule has 10 heteroatoms. The number of nitrogen functional groups attached to an aromatic ring is 1. The van der Waals surface area contributed by atoms with E-state index in [-0.39, 0.29) is 10.7 Å². The molecule has 1 heterocycles. The summed E-state index contributed by atoms with van der Waals surface area (Å²) in [6, 6.07) is -1.84. The number of rotatable bonds is 1. The van der Waals surface area contributed by atoms with Crippen LogP contribution >= 0.6 is 11.6 Å². The van der Waals surface area contributed by atoms with E-state index in [1.165, 1.54) is 0 Å². The quantitative estimate of drug-likeness (QED) is 0.632. The molecule has 1 aromatic carbocycles. The van der Waals surface area contributed by atoms with Crippen molar-refractivity contribution in [3.63, 3.8) is 0 Å². The third kappa shape index (κ3) is 2.68. The first-order valence-corrected chi connectivity index (χ1v) is 6.32. The lowest BCUT2D eigenvalue weighted by molar-refractivity contribution is -0.179. The zero-order valence-corrected chi connectivity index (χ0v) is 11.9. The van der Waals surface area contributed by atoms with E-state index in [2.05, 4.69) is 0 Å². The summed E-state index contributed by atoms with van der Waals surface area (Å²) >= 11 is 5.60. The van der Waals surface area contributed by atoms with E-state index in [9.17, 15) is 27.2 Å². The van der Waals surface area contributed by atoms with Crippen LogP contribution in [0.5, 0.6) is 0 Å². The number of hydrogen-bond donors (Lipinski definition) is 1. The van der Waals surface area contributed by atoms with Gasteiger partial charge < -0.3 is 10.6 Å². The molecular weight excluding hydrogens is 330 g/mol. The Balaban J connectivity index is 2.44. The first-order chi connectivity index (χ1) is 10.0. The first-order valence-electron chi connectivity index (χ1n) is 5.95. The molecule has 120 valence electrons. The number of imide groups is 1. The number of carbonyl (C=O) groups is 2. The number of alkyl halides is 3. The van der Waals surface area contributed by atoms with Crippen molar-refractivity contribution in [2.24, 2.45) is 0 Å². The van der Waals surface area contributed by atoms with Gasteiger partial charge in [-0.3, -0.25) is 4.79 Å². The Morgan fingerprint density at radius 3 is 2.45 bits per heavy atom. The van der Waals surface area contributed by atoms with Gasteiger partial charge in [0.2, 0.25) is 5.91 Å². The van der Waals surface area contributed by atoms with Gasteiger partial charge in [0.25, 0.3) is 0 Å². The summed E-state index contributed by atoms with van der Waals surface area (Å²) in [6.45, 7) is 0. The number of hydrogen-bond acceptors (Lipinski definition) is 3. The van der Waals surface area contributed by atoms with Crippen LogP contribution in [0.2, 0.25) is 5.02 Å². The SMILES string of the molecule is CN1C(=O)N(c2cc(N)c(Cl)cc2F)C(=O)CC1C(F)(F)F. The normalized spacial score (nSPS) is 19.8. The summed E-state index contributed by atoms with van der Waals surface area (Å²) in [5.74, 6) is -2.22. The summed E-state index contributed by atoms with van der Waals surface area (Å²) < 4.78 is 52.3. The number of amides is 3. The number of urea groups is 1. The number of nitrogens with zero attached hydrogens (tertiary/aromatic N) is 2. The smallest absolute Gasteiger partial charge is 0.397 e. The van der Waals surface area contributed by atoms with Crippen LogP contribution in [0.3, 0.4) is 0 Å². The molecule has 0 bridgehead atoms. The molecule has 0 radical (unpaired) electrons. The number of halogens is 5. The highest BCUT2D eigenvalue weighted by Crippen LogP contribution is 2.35. The fraction of sp³-hybridized carbons (Fsp3) is 0.333. The molecule has 2 rings (SSSR count). The number of benzene rings is 1. The molecule has 0 aromatic heterocycles. The molecule has 0 aliphatic carbocycles. The minimum atomic E-state index is -4.76. The van der Waals surface area contributed by atoms with Crippen LogP contribution in [0.25, 0.3) is 0 Å². The van der Waals surface area contributed by atoms with Gasteiger partial charge in [-0.1, -0.05) is 11.6 Å². The average Bonchev–Trinajstić information content (AvgIpc) is 2.38. The lowest BCUT2D eigenvalue weighted by atomic mass is 10.1. The maximum atomic E-state index is 13.9. The molecule has 5 nitrogen and oxygen atoms in total. The van der Waals surface area contributed by atoms with Gasteiger partial charge in [-0.2, -0.15) is 13.2 Å². The third-order valence-electron chi connectivity index (χ3n) is 3.26. The van der Waals surface area contributed by atoms with Crippen molar-refractivity contribution in [1.29, 1.82) is 0 Å². The Bertz CT molecular complexity index is 650. The van der Waals surface area contributed by atoms with Crippen molar-refractivity contribution in [2.75, 3.05) is 17.7 Å². The topological polar surface area (TPSA) is 66.6 Å². The lowest BCUT2D eigenvalue weighted by Gasteiger charge is -2.38. The van der Waals surface area contributed by atoms with Gasteiger partial charge in [0.1, 0.15) is 11.9 Å². The van der Waals surface area contributed by atoms with E-state index in [1.807, 2.05) is 0 Å². The number of anilines is 2. The second kappa shape index (κ2) is 5.31. The molecule has 2 N–H and O–H groups in total. The molecule has 1 aliphatic heterocycles. The lowest BCUT2D eigenvalue weighted by Crippen LogP contribution is -2.60. The molecule has 3 amide bonds. The fourth-order valence-corrected chi connectivity index (χ4v) is 2.24. The van der Waals surface area contributed by atoms with Crippen LogP contribution in [0.4, 0.5) is 33.7 Å². The summed E-state index contributed by atoms with van der Waals surface area (Å²) in [5.41, 5.74) is 4.83. The summed E-state index contributed by atoms with van der Waals surface area (Å²) in [4.78, 5) is 24.6. The second-order valence-corrected chi connectivity index (χ2v) is 5.12. The van der Waals surface area contributed by atoms with E-state index >= 15 is 0 Å². The summed E-state index contributed by atoms with van der Waals surface area (Å²) in [7, 11) is 0.886. The van der Waals surface area contributed by atoms with Crippen LogP contribution < -0.4 is 10.6 Å². The molecule has 1 aliphatic rings. The van der Waals surface area contributed by atoms with Gasteiger partial charge >= 0.3 is 12.2 Å². The Morgan fingerprint density at radius 1 is 1.32 bits per heavy atom. The van der Waals surface area contributed by atoms with Crippen molar-refractivity contribution in [2.45, 2.75) is 18.6 Å². The maximum Gasteiger partial charge on any atom is 0.409 e. The highest BCUT2D eigenvalue weighted by molar-refractivity contribution is 6.33. The Kier molecular flexibility index (Phi) is 3.94. The Morgan fingerprint density at radius 2 is 1.91 bits per heavy atom. The molecule has 1 atom stereocenters. The minimum absolute atomic E-state index is 0.112. The van der Waals surface area contributed by atoms with Gasteiger partial charge in [-0.25, -0.2) is 14.1 Å². The molecule has 1 unspecified atom stereocenters. The van der Waals surface area contributed by atoms with Crippen LogP contribution in [0.15, 0.2) is 12.1 Å². The summed E-state index contributed by atoms with van der Waals surface area (Å²) in [6.07, 6.45) is -5.77. The van der Waals surface area contributed by atoms with Crippen molar-refractivity contribution in [1.82, 2.24) is 4.90 Å². The predicted molar refractivity (Wildman–Crippen MR) is 70.9 cm³/mol. The molecule has 1 saturated heterocycles. The van der Waals surface area contributed by atoms with Crippen LogP contribution in [0, 0.1) is 5.82 Å². The van der Waals surface area contributed by atoms with Crippen molar-refractivity contribution in [3.8, 4) is 0 Å². The second-order valence-electron chi connectivity index (χ2n) is 4.71. The van der Waals surface area contributed by atoms with E-state index in [0.717, 1.165) is 19.2 Å². The van der Waals surface area contributed by atoms with Crippen molar-refractivity contribution >= 4 is 34.9 Å². The highest BCUT2D eigenvalue weighted by atomic mass is 35.5. The van der Waals surface area contributed by atoms with Gasteiger partial charge in [-0.15, -0.1) is 0 Å². The van der Waals surface area contributed by atoms with Crippen LogP contribution in [0.1, 0.15) is 6.42 Å². The highest BCUT2D eigenvalue weighted by Gasteiger charge is 2.51. The minimum Gasteiger partial charge on any atom is -0.397 e. The monoisotopic (exact) mass is 339 g/mol. The molecule has 0 saturated carbocycles. The third-order valence-corrected chi connectivity index (χ3v) is 3.59. The Labute approximate surface area is 127 Å². The molecule has 1 aromatic rings. The number of carbonyl (C=O) groups excluding carboxylic acids is 2. The van der Waals surface area contributed by atoms with Crippen LogP contribution in [-0.4, -0.2) is 36.1 Å². The fourth-order valence-electron chi connectivity index (χ4n) is 2.09. The van der Waals surface area contributed by atoms with Gasteiger partial charge in [-0.05, 0) is 12.1 Å². The molecule has 0 spiro atoms. The average molecular weight is 340 g/mol. The number of nitrogens with two attached hydrogens (primary N) is 1.